The van der Waals surface area contributed by atoms with Gasteiger partial charge in [0, 0.05) is 20.0 Å². The molecule has 13 heteroatoms. The summed E-state index contributed by atoms with van der Waals surface area (Å²) in [6, 6.07) is 9.89. The molecule has 0 aliphatic heterocycles. The zero-order valence-electron chi connectivity index (χ0n) is 21.6. The summed E-state index contributed by atoms with van der Waals surface area (Å²) in [4.78, 5) is 51.9. The quantitative estimate of drug-likeness (QED) is 0.159. The highest BCUT2D eigenvalue weighted by Gasteiger charge is 2.28. The third kappa shape index (κ3) is 10.2. The number of rotatable bonds is 13. The van der Waals surface area contributed by atoms with Gasteiger partial charge in [-0.25, -0.2) is 0 Å². The van der Waals surface area contributed by atoms with Gasteiger partial charge in [0.05, 0.1) is 26.3 Å². The van der Waals surface area contributed by atoms with E-state index in [2.05, 4.69) is 16.0 Å². The largest absolute Gasteiger partial charge is 0.506 e. The summed E-state index contributed by atoms with van der Waals surface area (Å²) in [5.41, 5.74) is 7.64. The van der Waals surface area contributed by atoms with Crippen LogP contribution in [0.4, 0.5) is 0 Å². The average Bonchev–Trinajstić information content (AvgIpc) is 2.91. The van der Waals surface area contributed by atoms with E-state index in [0.717, 1.165) is 11.1 Å². The lowest BCUT2D eigenvalue weighted by molar-refractivity contribution is -0.139. The van der Waals surface area contributed by atoms with Gasteiger partial charge in [0.15, 0.2) is 0 Å². The van der Waals surface area contributed by atoms with Gasteiger partial charge in [0.25, 0.3) is 0 Å². The summed E-state index contributed by atoms with van der Waals surface area (Å²) in [6.45, 7) is 0.900. The molecule has 0 unspecified atom stereocenters. The standard InChI is InChI=1S/C26H33I2N5O6/c1-15(32-25(38)20(29)12-17-10-18(27)23(36)19(28)11-17)24(37)31-14-22(35)33(2)21(26(39)30-8-9-34)13-16-6-4-3-5-7-16/h3-7,10-11,15,20-21,34,36H,8-9,12-14,29H2,1-2H3,(H,30,39)(H,31,37)(H,32,38)/t15-,20+,21+/m0/s1. The van der Waals surface area contributed by atoms with Crippen molar-refractivity contribution in [2.75, 3.05) is 26.7 Å². The number of aliphatic hydroxyl groups is 1. The van der Waals surface area contributed by atoms with Crippen LogP contribution in [0, 0.1) is 7.14 Å². The number of benzene rings is 2. The van der Waals surface area contributed by atoms with Crippen molar-refractivity contribution in [3.8, 4) is 5.75 Å². The van der Waals surface area contributed by atoms with Crippen molar-refractivity contribution in [1.29, 1.82) is 0 Å². The molecule has 0 saturated carbocycles. The van der Waals surface area contributed by atoms with E-state index < -0.39 is 41.8 Å². The van der Waals surface area contributed by atoms with E-state index in [9.17, 15) is 24.3 Å². The van der Waals surface area contributed by atoms with Gasteiger partial charge < -0.3 is 36.8 Å². The Morgan fingerprint density at radius 1 is 0.949 bits per heavy atom. The van der Waals surface area contributed by atoms with Crippen LogP contribution < -0.4 is 21.7 Å². The lowest BCUT2D eigenvalue weighted by atomic mass is 10.0. The number of halogens is 2. The number of aromatic hydroxyl groups is 1. The molecule has 0 spiro atoms. The van der Waals surface area contributed by atoms with Crippen LogP contribution in [0.25, 0.3) is 0 Å². The highest BCUT2D eigenvalue weighted by molar-refractivity contribution is 14.1. The van der Waals surface area contributed by atoms with Crippen molar-refractivity contribution in [3.63, 3.8) is 0 Å². The van der Waals surface area contributed by atoms with Gasteiger partial charge in [-0.2, -0.15) is 0 Å². The number of nitrogens with two attached hydrogens (primary N) is 1. The molecular formula is C26H33I2N5O6. The fraction of sp³-hybridized carbons (Fsp3) is 0.385. The SMILES string of the molecule is C[C@H](NC(=O)[C@H](N)Cc1cc(I)c(O)c(I)c1)C(=O)NCC(=O)N(C)[C@H](Cc1ccccc1)C(=O)NCCO. The van der Waals surface area contributed by atoms with Crippen LogP contribution in [0.5, 0.6) is 5.75 Å². The number of aliphatic hydroxyl groups excluding tert-OH is 1. The maximum Gasteiger partial charge on any atom is 0.243 e. The Morgan fingerprint density at radius 2 is 1.56 bits per heavy atom. The molecule has 2 aromatic carbocycles. The molecule has 39 heavy (non-hydrogen) atoms. The van der Waals surface area contributed by atoms with Crippen LogP contribution in [0.2, 0.25) is 0 Å². The van der Waals surface area contributed by atoms with Crippen molar-refractivity contribution < 1.29 is 29.4 Å². The van der Waals surface area contributed by atoms with Gasteiger partial charge in [-0.3, -0.25) is 19.2 Å². The van der Waals surface area contributed by atoms with Crippen LogP contribution in [0.15, 0.2) is 42.5 Å². The average molecular weight is 765 g/mol. The molecule has 0 bridgehead atoms. The topological polar surface area (TPSA) is 174 Å². The van der Waals surface area contributed by atoms with E-state index in [-0.39, 0.29) is 38.3 Å². The molecule has 0 radical (unpaired) electrons. The smallest absolute Gasteiger partial charge is 0.243 e. The van der Waals surface area contributed by atoms with Gasteiger partial charge in [-0.1, -0.05) is 30.3 Å². The molecule has 0 fully saturated rings. The Hall–Kier alpha value is -2.50. The molecule has 2 aromatic rings. The van der Waals surface area contributed by atoms with Crippen LogP contribution in [-0.2, 0) is 32.0 Å². The summed E-state index contributed by atoms with van der Waals surface area (Å²) >= 11 is 3.99. The van der Waals surface area contributed by atoms with Gasteiger partial charge in [0.1, 0.15) is 17.8 Å². The second-order valence-electron chi connectivity index (χ2n) is 8.89. The summed E-state index contributed by atoms with van der Waals surface area (Å²) in [5, 5.41) is 26.6. The maximum atomic E-state index is 12.8. The monoisotopic (exact) mass is 765 g/mol. The molecule has 7 N–H and O–H groups in total. The van der Waals surface area contributed by atoms with E-state index in [1.54, 1.807) is 12.1 Å². The molecule has 2 rings (SSSR count). The fourth-order valence-electron chi connectivity index (χ4n) is 3.62. The number of likely N-dealkylation sites (N-methyl/N-ethyl adjacent to an activating group) is 1. The normalized spacial score (nSPS) is 13.1. The minimum Gasteiger partial charge on any atom is -0.506 e. The Kier molecular flexibility index (Phi) is 13.4. The molecule has 0 aliphatic rings. The first kappa shape index (κ1) is 32.7. The van der Waals surface area contributed by atoms with E-state index in [0.29, 0.717) is 7.14 Å². The Bertz CT molecular complexity index is 1140. The first-order chi connectivity index (χ1) is 18.4. The molecule has 3 atom stereocenters. The van der Waals surface area contributed by atoms with Crippen LogP contribution >= 0.6 is 45.2 Å². The third-order valence-electron chi connectivity index (χ3n) is 5.88. The lowest BCUT2D eigenvalue weighted by Crippen LogP contribution is -2.54. The zero-order valence-corrected chi connectivity index (χ0v) is 25.9. The van der Waals surface area contributed by atoms with Crippen LogP contribution in [0.1, 0.15) is 18.1 Å². The maximum absolute atomic E-state index is 12.8. The number of amides is 4. The summed E-state index contributed by atoms with van der Waals surface area (Å²) in [5.74, 6) is -1.89. The fourth-order valence-corrected chi connectivity index (χ4v) is 5.52. The first-order valence-electron chi connectivity index (χ1n) is 12.1. The summed E-state index contributed by atoms with van der Waals surface area (Å²) in [6.07, 6.45) is 0.453. The number of hydrogen-bond donors (Lipinski definition) is 6. The van der Waals surface area contributed by atoms with Gasteiger partial charge >= 0.3 is 0 Å². The number of phenols is 1. The number of nitrogens with one attached hydrogen (secondary N) is 3. The number of phenolic OH excluding ortho intramolecular Hbond substituents is 1. The third-order valence-corrected chi connectivity index (χ3v) is 7.53. The Morgan fingerprint density at radius 3 is 2.15 bits per heavy atom. The van der Waals surface area contributed by atoms with Gasteiger partial charge in [0.2, 0.25) is 23.6 Å². The summed E-state index contributed by atoms with van der Waals surface area (Å²) in [7, 11) is 1.47. The van der Waals surface area contributed by atoms with E-state index >= 15 is 0 Å². The number of carbonyl (C=O) groups excluding carboxylic acids is 4. The predicted octanol–water partition coefficient (Wildman–Crippen LogP) is 0.270. The molecule has 212 valence electrons. The number of carbonyl (C=O) groups is 4. The highest BCUT2D eigenvalue weighted by Crippen LogP contribution is 2.27. The van der Waals surface area contributed by atoms with E-state index in [1.807, 2.05) is 75.5 Å². The Labute approximate surface area is 254 Å². The second-order valence-corrected chi connectivity index (χ2v) is 11.2. The van der Waals surface area contributed by atoms with Gasteiger partial charge in [-0.05, 0) is 81.8 Å². The van der Waals surface area contributed by atoms with E-state index in [1.165, 1.54) is 18.9 Å². The molecular weight excluding hydrogens is 732 g/mol. The second kappa shape index (κ2) is 15.9. The Balaban J connectivity index is 1.93. The molecule has 0 saturated heterocycles. The van der Waals surface area contributed by atoms with Crippen LogP contribution in [-0.4, -0.2) is 83.6 Å². The summed E-state index contributed by atoms with van der Waals surface area (Å²) < 4.78 is 1.28. The van der Waals surface area contributed by atoms with Crippen molar-refractivity contribution in [1.82, 2.24) is 20.9 Å². The number of nitrogens with zero attached hydrogens (tertiary/aromatic N) is 1. The van der Waals surface area contributed by atoms with Crippen LogP contribution in [0.3, 0.4) is 0 Å². The van der Waals surface area contributed by atoms with Crippen molar-refractivity contribution in [3.05, 3.63) is 60.7 Å². The molecule has 0 aromatic heterocycles. The van der Waals surface area contributed by atoms with Crippen molar-refractivity contribution in [2.45, 2.75) is 37.9 Å². The lowest BCUT2D eigenvalue weighted by Gasteiger charge is -2.28. The minimum atomic E-state index is -0.963. The zero-order chi connectivity index (χ0) is 29.1. The predicted molar refractivity (Wildman–Crippen MR) is 163 cm³/mol. The number of hydrogen-bond acceptors (Lipinski definition) is 7. The molecule has 4 amide bonds. The highest BCUT2D eigenvalue weighted by atomic mass is 127. The van der Waals surface area contributed by atoms with Crippen molar-refractivity contribution in [2.24, 2.45) is 5.73 Å². The van der Waals surface area contributed by atoms with E-state index in [4.69, 9.17) is 10.8 Å². The molecule has 0 heterocycles. The first-order valence-corrected chi connectivity index (χ1v) is 14.3. The molecule has 11 nitrogen and oxygen atoms in total. The molecule has 0 aliphatic carbocycles. The van der Waals surface area contributed by atoms with Crippen molar-refractivity contribution >= 4 is 68.8 Å². The minimum absolute atomic E-state index is 0.0491. The van der Waals surface area contributed by atoms with Gasteiger partial charge in [-0.15, -0.1) is 0 Å².